The number of aromatic nitrogens is 1. The molecule has 0 aliphatic rings. The Morgan fingerprint density at radius 3 is 2.52 bits per heavy atom. The third kappa shape index (κ3) is 2.64. The van der Waals surface area contributed by atoms with Gasteiger partial charge in [-0.1, -0.05) is 11.6 Å². The first kappa shape index (κ1) is 15.1. The Morgan fingerprint density at radius 1 is 1.29 bits per heavy atom. The molecule has 0 saturated heterocycles. The second-order valence-corrected chi connectivity index (χ2v) is 5.05. The van der Waals surface area contributed by atoms with Crippen molar-refractivity contribution >= 4 is 23.3 Å². The number of carbonyl (C=O) groups excluding carboxylic acids is 1. The van der Waals surface area contributed by atoms with Crippen molar-refractivity contribution in [3.63, 3.8) is 0 Å². The van der Waals surface area contributed by atoms with E-state index in [4.69, 9.17) is 17.3 Å². The predicted octanol–water partition coefficient (Wildman–Crippen LogP) is 2.48. The molecule has 0 amide bonds. The molecule has 1 aromatic heterocycles. The van der Waals surface area contributed by atoms with E-state index >= 15 is 0 Å². The number of halogens is 1. The fourth-order valence-corrected chi connectivity index (χ4v) is 2.42. The Morgan fingerprint density at radius 2 is 1.95 bits per heavy atom. The molecule has 0 fully saturated rings. The van der Waals surface area contributed by atoms with E-state index in [9.17, 15) is 9.59 Å². The van der Waals surface area contributed by atoms with Crippen LogP contribution in [0.1, 0.15) is 21.7 Å². The summed E-state index contributed by atoms with van der Waals surface area (Å²) in [6, 6.07) is 6.52. The van der Waals surface area contributed by atoms with Crippen LogP contribution in [0.25, 0.3) is 5.69 Å². The van der Waals surface area contributed by atoms with E-state index in [1.165, 1.54) is 13.2 Å². The van der Waals surface area contributed by atoms with Crippen molar-refractivity contribution in [3.05, 3.63) is 56.5 Å². The second-order valence-electron chi connectivity index (χ2n) is 4.64. The number of esters is 1. The molecule has 5 nitrogen and oxygen atoms in total. The van der Waals surface area contributed by atoms with Crippen LogP contribution in [0.5, 0.6) is 0 Å². The molecule has 110 valence electrons. The Balaban J connectivity index is 2.77. The second kappa shape index (κ2) is 5.61. The van der Waals surface area contributed by atoms with Crippen molar-refractivity contribution in [1.29, 1.82) is 0 Å². The first-order valence-electron chi connectivity index (χ1n) is 6.23. The zero-order valence-corrected chi connectivity index (χ0v) is 12.7. The lowest BCUT2D eigenvalue weighted by atomic mass is 10.1. The molecule has 21 heavy (non-hydrogen) atoms. The minimum atomic E-state index is -0.659. The summed E-state index contributed by atoms with van der Waals surface area (Å²) in [5.74, 6) is -0.659. The molecule has 1 heterocycles. The average Bonchev–Trinajstić information content (AvgIpc) is 2.41. The highest BCUT2D eigenvalue weighted by Gasteiger charge is 2.18. The van der Waals surface area contributed by atoms with Crippen molar-refractivity contribution in [1.82, 2.24) is 4.57 Å². The number of hydrogen-bond donors (Lipinski definition) is 1. The van der Waals surface area contributed by atoms with Gasteiger partial charge >= 0.3 is 5.97 Å². The van der Waals surface area contributed by atoms with Gasteiger partial charge in [-0.2, -0.15) is 0 Å². The van der Waals surface area contributed by atoms with Gasteiger partial charge in [-0.25, -0.2) is 4.79 Å². The van der Waals surface area contributed by atoms with Crippen LogP contribution in [0.15, 0.2) is 29.1 Å². The predicted molar refractivity (Wildman–Crippen MR) is 82.3 cm³/mol. The zero-order valence-electron chi connectivity index (χ0n) is 11.9. The normalized spacial score (nSPS) is 10.5. The Bertz CT molecular complexity index is 781. The third-order valence-electron chi connectivity index (χ3n) is 3.26. The highest BCUT2D eigenvalue weighted by molar-refractivity contribution is 6.33. The summed E-state index contributed by atoms with van der Waals surface area (Å²) in [5, 5.41) is 0.447. The molecule has 0 aliphatic heterocycles. The van der Waals surface area contributed by atoms with Gasteiger partial charge in [0.05, 0.1) is 17.8 Å². The fraction of sp³-hybridized carbons (Fsp3) is 0.200. The summed E-state index contributed by atoms with van der Waals surface area (Å²) in [7, 11) is 1.24. The number of rotatable bonds is 2. The molecule has 0 spiro atoms. The van der Waals surface area contributed by atoms with Gasteiger partial charge in [-0.3, -0.25) is 4.79 Å². The van der Waals surface area contributed by atoms with E-state index in [-0.39, 0.29) is 11.0 Å². The fourth-order valence-electron chi connectivity index (χ4n) is 2.30. The molecule has 1 aromatic carbocycles. The van der Waals surface area contributed by atoms with Crippen LogP contribution in [0.4, 0.5) is 5.69 Å². The van der Waals surface area contributed by atoms with Crippen molar-refractivity contribution in [2.75, 3.05) is 12.8 Å². The number of carbonyl (C=O) groups is 1. The highest BCUT2D eigenvalue weighted by Crippen LogP contribution is 2.24. The number of aryl methyl sites for hydroxylation is 1. The molecule has 0 aliphatic carbocycles. The lowest BCUT2D eigenvalue weighted by Crippen LogP contribution is -2.23. The summed E-state index contributed by atoms with van der Waals surface area (Å²) in [5.41, 5.74) is 7.78. The average molecular weight is 307 g/mol. The van der Waals surface area contributed by atoms with Gasteiger partial charge in [0, 0.05) is 23.1 Å². The van der Waals surface area contributed by atoms with Crippen molar-refractivity contribution < 1.29 is 9.53 Å². The largest absolute Gasteiger partial charge is 0.465 e. The SMILES string of the molecule is COC(=O)c1c(C)n(-c2ccc(Cl)c(N)c2)c(C)cc1=O. The lowest BCUT2D eigenvalue weighted by Gasteiger charge is -2.17. The number of nitrogen functional groups attached to an aromatic ring is 1. The Labute approximate surface area is 126 Å². The van der Waals surface area contributed by atoms with E-state index in [1.807, 2.05) is 0 Å². The molecular weight excluding hydrogens is 292 g/mol. The molecule has 0 atom stereocenters. The molecule has 0 unspecified atom stereocenters. The number of hydrogen-bond acceptors (Lipinski definition) is 4. The van der Waals surface area contributed by atoms with E-state index in [0.29, 0.717) is 22.1 Å². The summed E-state index contributed by atoms with van der Waals surface area (Å²) in [6.07, 6.45) is 0. The van der Waals surface area contributed by atoms with Gasteiger partial charge in [0.1, 0.15) is 5.56 Å². The first-order valence-corrected chi connectivity index (χ1v) is 6.61. The van der Waals surface area contributed by atoms with E-state index in [2.05, 4.69) is 4.74 Å². The van der Waals surface area contributed by atoms with Crippen molar-refractivity contribution in [2.24, 2.45) is 0 Å². The van der Waals surface area contributed by atoms with Crippen LogP contribution in [0.2, 0.25) is 5.02 Å². The standard InChI is InChI=1S/C15H15ClN2O3/c1-8-6-13(19)14(15(20)21-3)9(2)18(8)10-4-5-11(16)12(17)7-10/h4-7H,17H2,1-3H3. The zero-order chi connectivity index (χ0) is 15.7. The van der Waals surface area contributed by atoms with Gasteiger partial charge in [0.2, 0.25) is 0 Å². The van der Waals surface area contributed by atoms with E-state index < -0.39 is 5.97 Å². The molecular formula is C15H15ClN2O3. The summed E-state index contributed by atoms with van der Waals surface area (Å²) in [6.45, 7) is 3.46. The van der Waals surface area contributed by atoms with Crippen LogP contribution in [-0.4, -0.2) is 17.6 Å². The lowest BCUT2D eigenvalue weighted by molar-refractivity contribution is 0.0597. The number of nitrogens with zero attached hydrogens (tertiary/aromatic N) is 1. The van der Waals surface area contributed by atoms with Gasteiger partial charge in [0.15, 0.2) is 5.43 Å². The number of pyridine rings is 1. The summed E-state index contributed by atoms with van der Waals surface area (Å²) < 4.78 is 6.44. The van der Waals surface area contributed by atoms with Crippen molar-refractivity contribution in [2.45, 2.75) is 13.8 Å². The molecule has 6 heteroatoms. The maximum absolute atomic E-state index is 12.0. The van der Waals surface area contributed by atoms with Gasteiger partial charge in [-0.05, 0) is 32.0 Å². The van der Waals surface area contributed by atoms with Gasteiger partial charge < -0.3 is 15.0 Å². The van der Waals surface area contributed by atoms with Crippen LogP contribution >= 0.6 is 11.6 Å². The molecule has 0 saturated carbocycles. The number of anilines is 1. The highest BCUT2D eigenvalue weighted by atomic mass is 35.5. The third-order valence-corrected chi connectivity index (χ3v) is 3.61. The van der Waals surface area contributed by atoms with Gasteiger partial charge in [-0.15, -0.1) is 0 Å². The quantitative estimate of drug-likeness (QED) is 0.683. The number of ether oxygens (including phenoxy) is 1. The maximum atomic E-state index is 12.0. The molecule has 2 N–H and O–H groups in total. The molecule has 2 aromatic rings. The number of nitrogens with two attached hydrogens (primary N) is 1. The van der Waals surface area contributed by atoms with E-state index in [1.54, 1.807) is 36.6 Å². The summed E-state index contributed by atoms with van der Waals surface area (Å²) >= 11 is 5.92. The Kier molecular flexibility index (Phi) is 4.04. The van der Waals surface area contributed by atoms with Crippen LogP contribution in [-0.2, 0) is 4.74 Å². The smallest absolute Gasteiger partial charge is 0.343 e. The van der Waals surface area contributed by atoms with Gasteiger partial charge in [0.25, 0.3) is 0 Å². The minimum Gasteiger partial charge on any atom is -0.465 e. The van der Waals surface area contributed by atoms with Crippen LogP contribution < -0.4 is 11.2 Å². The van der Waals surface area contributed by atoms with Crippen LogP contribution in [0.3, 0.4) is 0 Å². The molecule has 0 radical (unpaired) electrons. The monoisotopic (exact) mass is 306 g/mol. The topological polar surface area (TPSA) is 74.3 Å². The minimum absolute atomic E-state index is 0.0108. The van der Waals surface area contributed by atoms with Crippen molar-refractivity contribution in [3.8, 4) is 5.69 Å². The molecule has 0 bridgehead atoms. The number of benzene rings is 1. The maximum Gasteiger partial charge on any atom is 0.343 e. The van der Waals surface area contributed by atoms with E-state index in [0.717, 1.165) is 5.69 Å². The Hall–Kier alpha value is -2.27. The molecule has 2 rings (SSSR count). The van der Waals surface area contributed by atoms with Crippen LogP contribution in [0, 0.1) is 13.8 Å². The summed E-state index contributed by atoms with van der Waals surface area (Å²) in [4.78, 5) is 23.8. The number of methoxy groups -OCH3 is 1. The first-order chi connectivity index (χ1) is 9.86.